The Balaban J connectivity index is 1.47. The van der Waals surface area contributed by atoms with Crippen LogP contribution in [0.3, 0.4) is 0 Å². The van der Waals surface area contributed by atoms with Crippen LogP contribution in [0.5, 0.6) is 11.5 Å². The summed E-state index contributed by atoms with van der Waals surface area (Å²) >= 11 is 0. The first-order chi connectivity index (χ1) is 24.8. The van der Waals surface area contributed by atoms with Gasteiger partial charge in [-0.1, -0.05) is 54.6 Å². The summed E-state index contributed by atoms with van der Waals surface area (Å²) in [6.07, 6.45) is -3.28. The number of aromatic nitrogens is 4. The molecular weight excluding hydrogens is 656 g/mol. The molecule has 14 heteroatoms. The highest BCUT2D eigenvalue weighted by Crippen LogP contribution is 2.45. The number of nitrogens with two attached hydrogens (primary N) is 1. The molecule has 264 valence electrons. The number of nitrogens with zero attached hydrogens (tertiary/aromatic N) is 5. The third kappa shape index (κ3) is 6.98. The Morgan fingerprint density at radius 2 is 1.61 bits per heavy atom. The number of benzene rings is 3. The summed E-state index contributed by atoms with van der Waals surface area (Å²) in [7, 11) is 3.16. The quantitative estimate of drug-likeness (QED) is 0.0913. The molecule has 51 heavy (non-hydrogen) atoms. The van der Waals surface area contributed by atoms with Crippen LogP contribution < -0.4 is 15.2 Å². The summed E-state index contributed by atoms with van der Waals surface area (Å²) in [5.41, 5.74) is 7.39. The molecule has 0 spiro atoms. The molecule has 1 saturated heterocycles. The van der Waals surface area contributed by atoms with Crippen molar-refractivity contribution in [3.63, 3.8) is 0 Å². The van der Waals surface area contributed by atoms with Crippen molar-refractivity contribution < 1.29 is 38.3 Å². The third-order valence-electron chi connectivity index (χ3n) is 8.79. The van der Waals surface area contributed by atoms with Crippen molar-refractivity contribution in [3.05, 3.63) is 108 Å². The molecule has 0 bridgehead atoms. The Kier molecular flexibility index (Phi) is 10.8. The number of hydrogen-bond donors (Lipinski definition) is 2. The van der Waals surface area contributed by atoms with Gasteiger partial charge in [0, 0.05) is 0 Å². The zero-order chi connectivity index (χ0) is 36.0. The normalized spacial score (nSPS) is 19.4. The van der Waals surface area contributed by atoms with Crippen molar-refractivity contribution in [3.8, 4) is 17.6 Å². The minimum Gasteiger partial charge on any atom is -0.497 e. The topological polar surface area (TPSA) is 186 Å². The number of nitrogen functional groups attached to an aromatic ring is 1. The van der Waals surface area contributed by atoms with Crippen molar-refractivity contribution in [1.29, 1.82) is 5.26 Å². The summed E-state index contributed by atoms with van der Waals surface area (Å²) in [4.78, 5) is 26.6. The number of aliphatic hydroxyl groups excluding tert-OH is 1. The Morgan fingerprint density at radius 1 is 0.980 bits per heavy atom. The van der Waals surface area contributed by atoms with Gasteiger partial charge in [0.1, 0.15) is 60.2 Å². The molecule has 3 aromatic carbocycles. The van der Waals surface area contributed by atoms with Gasteiger partial charge in [-0.05, 0) is 47.9 Å². The predicted molar refractivity (Wildman–Crippen MR) is 183 cm³/mol. The second kappa shape index (κ2) is 15.6. The number of imidazole rings is 1. The van der Waals surface area contributed by atoms with Crippen LogP contribution in [-0.4, -0.2) is 82.4 Å². The molecule has 0 saturated carbocycles. The Bertz CT molecular complexity index is 1920. The molecule has 1 fully saturated rings. The molecule has 1 aliphatic heterocycles. The minimum absolute atomic E-state index is 0.120. The summed E-state index contributed by atoms with van der Waals surface area (Å²) < 4.78 is 37.7. The SMILES string of the molecule is COc1ccc(C(OC(C(C)=O)[C@H]2O[C@@H](n3cnc4c(N)ncnc43)[C@H](OCOCCC#N)[C@@H]2O)(c2ccccc2)c2ccc(OC)cc2)cc1. The molecule has 5 atom stereocenters. The van der Waals surface area contributed by atoms with Gasteiger partial charge in [0.25, 0.3) is 0 Å². The van der Waals surface area contributed by atoms with Gasteiger partial charge in [-0.3, -0.25) is 9.36 Å². The highest BCUT2D eigenvalue weighted by atomic mass is 16.7. The number of Topliss-reactive ketones (excluding diaryl/α,β-unsaturated/α-hetero) is 1. The van der Waals surface area contributed by atoms with Crippen LogP contribution in [0.15, 0.2) is 91.5 Å². The van der Waals surface area contributed by atoms with Crippen LogP contribution in [0.2, 0.25) is 0 Å². The number of rotatable bonds is 15. The van der Waals surface area contributed by atoms with Crippen LogP contribution in [0, 0.1) is 11.3 Å². The lowest BCUT2D eigenvalue weighted by atomic mass is 9.79. The van der Waals surface area contributed by atoms with Gasteiger partial charge < -0.3 is 39.3 Å². The summed E-state index contributed by atoms with van der Waals surface area (Å²) in [6.45, 7) is 1.23. The van der Waals surface area contributed by atoms with E-state index in [2.05, 4.69) is 15.0 Å². The second-order valence-electron chi connectivity index (χ2n) is 11.8. The van der Waals surface area contributed by atoms with E-state index in [0.717, 1.165) is 0 Å². The maximum Gasteiger partial charge on any atom is 0.167 e. The molecule has 0 aliphatic carbocycles. The average molecular weight is 695 g/mol. The van der Waals surface area contributed by atoms with E-state index in [-0.39, 0.29) is 25.6 Å². The number of carbonyl (C=O) groups is 1. The second-order valence-corrected chi connectivity index (χ2v) is 11.8. The Morgan fingerprint density at radius 3 is 2.20 bits per heavy atom. The van der Waals surface area contributed by atoms with Crippen LogP contribution in [0.25, 0.3) is 11.2 Å². The van der Waals surface area contributed by atoms with Crippen molar-refractivity contribution in [2.45, 2.75) is 49.6 Å². The zero-order valence-electron chi connectivity index (χ0n) is 28.3. The van der Waals surface area contributed by atoms with Crippen molar-refractivity contribution >= 4 is 22.8 Å². The molecule has 0 amide bonds. The van der Waals surface area contributed by atoms with E-state index in [4.69, 9.17) is 39.4 Å². The monoisotopic (exact) mass is 694 g/mol. The Labute approximate surface area is 294 Å². The van der Waals surface area contributed by atoms with Gasteiger partial charge in [-0.15, -0.1) is 0 Å². The predicted octanol–water partition coefficient (Wildman–Crippen LogP) is 3.92. The molecule has 6 rings (SSSR count). The summed E-state index contributed by atoms with van der Waals surface area (Å²) in [5, 5.41) is 20.9. The Hall–Kier alpha value is -5.43. The van der Waals surface area contributed by atoms with Gasteiger partial charge in [-0.2, -0.15) is 5.26 Å². The molecule has 2 aromatic heterocycles. The number of aliphatic hydroxyl groups is 1. The first kappa shape index (κ1) is 35.4. The van der Waals surface area contributed by atoms with Gasteiger partial charge in [0.2, 0.25) is 0 Å². The molecule has 0 radical (unpaired) electrons. The lowest BCUT2D eigenvalue weighted by Gasteiger charge is -2.40. The standard InChI is InChI=1S/C37H38N6O8/c1-23(44)31(32-30(45)33(49-22-48-19-7-18-38)36(50-32)43-21-42-29-34(39)40-20-41-35(29)43)51-37(24-8-5-4-6-9-24,25-10-14-27(46-2)15-11-25)26-12-16-28(47-3)17-13-26/h4-6,8-17,20-21,30-33,36,45H,7,19,22H2,1-3H3,(H2,39,40,41)/t30-,31?,32+,33-,36-/m1/s1. The number of methoxy groups -OCH3 is 2. The highest BCUT2D eigenvalue weighted by molar-refractivity contribution is 5.82. The number of ether oxygens (including phenoxy) is 6. The number of carbonyl (C=O) groups excluding carboxylic acids is 1. The maximum atomic E-state index is 13.8. The van der Waals surface area contributed by atoms with Crippen molar-refractivity contribution in [1.82, 2.24) is 19.5 Å². The molecule has 1 unspecified atom stereocenters. The largest absolute Gasteiger partial charge is 0.497 e. The maximum absolute atomic E-state index is 13.8. The van der Waals surface area contributed by atoms with Crippen molar-refractivity contribution in [2.24, 2.45) is 0 Å². The molecule has 3 N–H and O–H groups in total. The lowest BCUT2D eigenvalue weighted by Crippen LogP contribution is -2.49. The minimum atomic E-state index is -1.42. The van der Waals surface area contributed by atoms with Crippen molar-refractivity contribution in [2.75, 3.05) is 33.4 Å². The molecule has 5 aromatic rings. The van der Waals surface area contributed by atoms with E-state index in [9.17, 15) is 9.90 Å². The van der Waals surface area contributed by atoms with Crippen LogP contribution >= 0.6 is 0 Å². The van der Waals surface area contributed by atoms with E-state index in [1.807, 2.05) is 84.9 Å². The fourth-order valence-electron chi connectivity index (χ4n) is 6.29. The fraction of sp³-hybridized carbons (Fsp3) is 0.324. The van der Waals surface area contributed by atoms with Gasteiger partial charge in [0.05, 0.1) is 39.6 Å². The average Bonchev–Trinajstić information content (AvgIpc) is 3.74. The van der Waals surface area contributed by atoms with E-state index in [1.165, 1.54) is 19.6 Å². The van der Waals surface area contributed by atoms with E-state index in [1.54, 1.807) is 18.8 Å². The number of hydrogen-bond acceptors (Lipinski definition) is 13. The zero-order valence-corrected chi connectivity index (χ0v) is 28.3. The first-order valence-corrected chi connectivity index (χ1v) is 16.2. The fourth-order valence-corrected chi connectivity index (χ4v) is 6.29. The third-order valence-corrected chi connectivity index (χ3v) is 8.79. The van der Waals surface area contributed by atoms with Crippen LogP contribution in [0.4, 0.5) is 5.82 Å². The van der Waals surface area contributed by atoms with Gasteiger partial charge in [-0.25, -0.2) is 15.0 Å². The molecule has 1 aliphatic rings. The highest BCUT2D eigenvalue weighted by Gasteiger charge is 2.53. The summed E-state index contributed by atoms with van der Waals surface area (Å²) in [5.74, 6) is 1.01. The number of nitriles is 1. The summed E-state index contributed by atoms with van der Waals surface area (Å²) in [6, 6.07) is 26.2. The number of ketones is 1. The molecule has 3 heterocycles. The first-order valence-electron chi connectivity index (χ1n) is 16.2. The molecular formula is C37H38N6O8. The van der Waals surface area contributed by atoms with E-state index < -0.39 is 42.0 Å². The number of anilines is 1. The van der Waals surface area contributed by atoms with Gasteiger partial charge >= 0.3 is 0 Å². The smallest absolute Gasteiger partial charge is 0.167 e. The lowest BCUT2D eigenvalue weighted by molar-refractivity contribution is -0.163. The van der Waals surface area contributed by atoms with Crippen LogP contribution in [-0.2, 0) is 29.3 Å². The van der Waals surface area contributed by atoms with E-state index in [0.29, 0.717) is 39.4 Å². The number of fused-ring (bicyclic) bond motifs is 1. The van der Waals surface area contributed by atoms with Crippen LogP contribution in [0.1, 0.15) is 36.3 Å². The van der Waals surface area contributed by atoms with Gasteiger partial charge in [0.15, 0.2) is 23.5 Å². The molecule has 14 nitrogen and oxygen atoms in total. The van der Waals surface area contributed by atoms with E-state index >= 15 is 0 Å².